The highest BCUT2D eigenvalue weighted by Crippen LogP contribution is 2.21. The summed E-state index contributed by atoms with van der Waals surface area (Å²) in [5.41, 5.74) is 3.73. The number of amides is 2. The summed E-state index contributed by atoms with van der Waals surface area (Å²) in [6.07, 6.45) is 0.786. The van der Waals surface area contributed by atoms with Gasteiger partial charge in [0.25, 0.3) is 0 Å². The van der Waals surface area contributed by atoms with Gasteiger partial charge in [0.2, 0.25) is 0 Å². The zero-order valence-electron chi connectivity index (χ0n) is 16.1. The van der Waals surface area contributed by atoms with Crippen molar-refractivity contribution in [2.24, 2.45) is 0 Å². The largest absolute Gasteiger partial charge is 0.368 e. The standard InChI is InChI=1S/C22H28ClN3O/c1-17(2)19-6-8-21(9-7-19)25-12-14-26(15-13-25)22(27)24-11-10-18-4-3-5-20(23)16-18/h3-9,16-17H,10-15H2,1-2H3,(H,24,27). The Balaban J connectivity index is 1.43. The minimum Gasteiger partial charge on any atom is -0.368 e. The third kappa shape index (κ3) is 5.39. The van der Waals surface area contributed by atoms with E-state index in [1.807, 2.05) is 29.2 Å². The van der Waals surface area contributed by atoms with Gasteiger partial charge in [0, 0.05) is 43.4 Å². The number of urea groups is 1. The predicted octanol–water partition coefficient (Wildman–Crippen LogP) is 4.54. The van der Waals surface area contributed by atoms with Crippen LogP contribution in [-0.4, -0.2) is 43.7 Å². The summed E-state index contributed by atoms with van der Waals surface area (Å²) in [6.45, 7) is 8.25. The van der Waals surface area contributed by atoms with Crippen LogP contribution in [0.3, 0.4) is 0 Å². The molecule has 1 fully saturated rings. The Labute approximate surface area is 167 Å². The Morgan fingerprint density at radius 3 is 2.41 bits per heavy atom. The van der Waals surface area contributed by atoms with E-state index in [9.17, 15) is 4.79 Å². The van der Waals surface area contributed by atoms with Crippen LogP contribution in [-0.2, 0) is 6.42 Å². The number of halogens is 1. The van der Waals surface area contributed by atoms with Crippen molar-refractivity contribution in [1.82, 2.24) is 10.2 Å². The van der Waals surface area contributed by atoms with Crippen molar-refractivity contribution in [3.05, 3.63) is 64.7 Å². The molecule has 0 atom stereocenters. The molecule has 4 nitrogen and oxygen atoms in total. The maximum Gasteiger partial charge on any atom is 0.317 e. The number of carbonyl (C=O) groups excluding carboxylic acids is 1. The SMILES string of the molecule is CC(C)c1ccc(N2CCN(C(=O)NCCc3cccc(Cl)c3)CC2)cc1. The quantitative estimate of drug-likeness (QED) is 0.820. The lowest BCUT2D eigenvalue weighted by Crippen LogP contribution is -2.52. The fraction of sp³-hybridized carbons (Fsp3) is 0.409. The molecular weight excluding hydrogens is 358 g/mol. The second kappa shape index (κ2) is 9.14. The molecule has 0 bridgehead atoms. The molecule has 2 amide bonds. The van der Waals surface area contributed by atoms with Crippen molar-refractivity contribution in [1.29, 1.82) is 0 Å². The molecule has 0 saturated carbocycles. The van der Waals surface area contributed by atoms with E-state index in [1.54, 1.807) is 0 Å². The van der Waals surface area contributed by atoms with Gasteiger partial charge in [-0.05, 0) is 47.7 Å². The van der Waals surface area contributed by atoms with Gasteiger partial charge in [0.1, 0.15) is 0 Å². The first-order valence-corrected chi connectivity index (χ1v) is 10.0. The summed E-state index contributed by atoms with van der Waals surface area (Å²) in [4.78, 5) is 16.6. The third-order valence-electron chi connectivity index (χ3n) is 5.07. The highest BCUT2D eigenvalue weighted by atomic mass is 35.5. The monoisotopic (exact) mass is 385 g/mol. The molecule has 3 rings (SSSR count). The van der Waals surface area contributed by atoms with E-state index in [2.05, 4.69) is 48.3 Å². The number of anilines is 1. The fourth-order valence-electron chi connectivity index (χ4n) is 3.36. The van der Waals surface area contributed by atoms with Gasteiger partial charge in [-0.25, -0.2) is 4.79 Å². The zero-order chi connectivity index (χ0) is 19.2. The molecule has 1 aliphatic rings. The average molecular weight is 386 g/mol. The van der Waals surface area contributed by atoms with E-state index < -0.39 is 0 Å². The Hall–Kier alpha value is -2.20. The Kier molecular flexibility index (Phi) is 6.62. The van der Waals surface area contributed by atoms with E-state index in [0.29, 0.717) is 12.5 Å². The van der Waals surface area contributed by atoms with Gasteiger partial charge in [0.15, 0.2) is 0 Å². The highest BCUT2D eigenvalue weighted by molar-refractivity contribution is 6.30. The number of nitrogens with zero attached hydrogens (tertiary/aromatic N) is 2. The summed E-state index contributed by atoms with van der Waals surface area (Å²) in [6, 6.07) is 16.6. The number of hydrogen-bond donors (Lipinski definition) is 1. The highest BCUT2D eigenvalue weighted by Gasteiger charge is 2.21. The lowest BCUT2D eigenvalue weighted by Gasteiger charge is -2.36. The van der Waals surface area contributed by atoms with Gasteiger partial charge in [0.05, 0.1) is 0 Å². The van der Waals surface area contributed by atoms with Crippen LogP contribution in [0.4, 0.5) is 10.5 Å². The number of hydrogen-bond acceptors (Lipinski definition) is 2. The molecule has 1 saturated heterocycles. The van der Waals surface area contributed by atoms with Crippen LogP contribution in [0.2, 0.25) is 5.02 Å². The molecule has 1 aliphatic heterocycles. The topological polar surface area (TPSA) is 35.6 Å². The second-order valence-corrected chi connectivity index (χ2v) is 7.77. The molecule has 0 aliphatic carbocycles. The van der Waals surface area contributed by atoms with Gasteiger partial charge >= 0.3 is 6.03 Å². The molecule has 0 spiro atoms. The van der Waals surface area contributed by atoms with Crippen LogP contribution in [0.5, 0.6) is 0 Å². The zero-order valence-corrected chi connectivity index (χ0v) is 16.9. The van der Waals surface area contributed by atoms with Gasteiger partial charge in [-0.15, -0.1) is 0 Å². The molecule has 1 N–H and O–H groups in total. The maximum absolute atomic E-state index is 12.4. The van der Waals surface area contributed by atoms with Crippen molar-refractivity contribution in [2.75, 3.05) is 37.6 Å². The van der Waals surface area contributed by atoms with E-state index in [4.69, 9.17) is 11.6 Å². The van der Waals surface area contributed by atoms with Gasteiger partial charge in [-0.1, -0.05) is 49.7 Å². The smallest absolute Gasteiger partial charge is 0.317 e. The lowest BCUT2D eigenvalue weighted by molar-refractivity contribution is 0.194. The summed E-state index contributed by atoms with van der Waals surface area (Å²) in [5.74, 6) is 0.548. The van der Waals surface area contributed by atoms with Gasteiger partial charge in [-0.2, -0.15) is 0 Å². The van der Waals surface area contributed by atoms with Crippen molar-refractivity contribution in [3.8, 4) is 0 Å². The number of rotatable bonds is 5. The first-order valence-electron chi connectivity index (χ1n) is 9.65. The molecule has 5 heteroatoms. The molecule has 0 aromatic heterocycles. The molecule has 2 aromatic rings. The normalized spacial score (nSPS) is 14.5. The third-order valence-corrected chi connectivity index (χ3v) is 5.31. The molecular formula is C22H28ClN3O. The molecule has 2 aromatic carbocycles. The van der Waals surface area contributed by atoms with Gasteiger partial charge in [-0.3, -0.25) is 0 Å². The van der Waals surface area contributed by atoms with Crippen LogP contribution in [0.25, 0.3) is 0 Å². The Morgan fingerprint density at radius 2 is 1.78 bits per heavy atom. The van der Waals surface area contributed by atoms with Gasteiger partial charge < -0.3 is 15.1 Å². The lowest BCUT2D eigenvalue weighted by atomic mass is 10.0. The number of piperazine rings is 1. The molecule has 0 unspecified atom stereocenters. The predicted molar refractivity (Wildman–Crippen MR) is 113 cm³/mol. The molecule has 144 valence electrons. The number of benzene rings is 2. The number of nitrogens with one attached hydrogen (secondary N) is 1. The van der Waals surface area contributed by atoms with E-state index >= 15 is 0 Å². The number of carbonyl (C=O) groups is 1. The minimum atomic E-state index is 0.0202. The summed E-state index contributed by atoms with van der Waals surface area (Å²) >= 11 is 6.00. The van der Waals surface area contributed by atoms with E-state index in [1.165, 1.54) is 11.3 Å². The fourth-order valence-corrected chi connectivity index (χ4v) is 3.57. The van der Waals surface area contributed by atoms with E-state index in [-0.39, 0.29) is 6.03 Å². The van der Waals surface area contributed by atoms with Crippen LogP contribution >= 0.6 is 11.6 Å². The average Bonchev–Trinajstić information content (AvgIpc) is 2.68. The van der Waals surface area contributed by atoms with Crippen LogP contribution in [0.1, 0.15) is 30.9 Å². The van der Waals surface area contributed by atoms with Crippen molar-refractivity contribution in [3.63, 3.8) is 0 Å². The van der Waals surface area contributed by atoms with E-state index in [0.717, 1.165) is 43.2 Å². The van der Waals surface area contributed by atoms with Crippen molar-refractivity contribution in [2.45, 2.75) is 26.2 Å². The summed E-state index contributed by atoms with van der Waals surface area (Å²) in [5, 5.41) is 3.75. The maximum atomic E-state index is 12.4. The minimum absolute atomic E-state index is 0.0202. The molecule has 0 radical (unpaired) electrons. The van der Waals surface area contributed by atoms with Crippen LogP contribution in [0, 0.1) is 0 Å². The van der Waals surface area contributed by atoms with Crippen LogP contribution in [0.15, 0.2) is 48.5 Å². The second-order valence-electron chi connectivity index (χ2n) is 7.33. The molecule has 27 heavy (non-hydrogen) atoms. The van der Waals surface area contributed by atoms with Crippen LogP contribution < -0.4 is 10.2 Å². The first kappa shape index (κ1) is 19.6. The summed E-state index contributed by atoms with van der Waals surface area (Å²) < 4.78 is 0. The summed E-state index contributed by atoms with van der Waals surface area (Å²) in [7, 11) is 0. The Morgan fingerprint density at radius 1 is 1.07 bits per heavy atom. The molecule has 1 heterocycles. The van der Waals surface area contributed by atoms with Crippen molar-refractivity contribution >= 4 is 23.3 Å². The first-order chi connectivity index (χ1) is 13.0. The Bertz CT molecular complexity index is 752. The van der Waals surface area contributed by atoms with Crippen molar-refractivity contribution < 1.29 is 4.79 Å².